The number of ether oxygens (including phenoxy) is 1. The molecule has 0 aliphatic heterocycles. The van der Waals surface area contributed by atoms with Crippen molar-refractivity contribution in [3.8, 4) is 0 Å². The monoisotopic (exact) mass is 304 g/mol. The molecule has 1 aliphatic carbocycles. The first-order chi connectivity index (χ1) is 10.4. The van der Waals surface area contributed by atoms with Gasteiger partial charge in [-0.3, -0.25) is 0 Å². The quantitative estimate of drug-likeness (QED) is 0.805. The third-order valence-electron chi connectivity index (χ3n) is 5.55. The highest BCUT2D eigenvalue weighted by Gasteiger charge is 2.61. The van der Waals surface area contributed by atoms with Crippen LogP contribution in [0.3, 0.4) is 0 Å². The number of hydrogen-bond donors (Lipinski definition) is 1. The molecule has 1 aromatic rings. The lowest BCUT2D eigenvalue weighted by molar-refractivity contribution is 0.126. The van der Waals surface area contributed by atoms with Gasteiger partial charge in [-0.15, -0.1) is 0 Å². The fourth-order valence-electron chi connectivity index (χ4n) is 3.63. The van der Waals surface area contributed by atoms with Gasteiger partial charge in [0.2, 0.25) is 0 Å². The molecule has 22 heavy (non-hydrogen) atoms. The SMILES string of the molecule is CCOCC1C(CO)C1(C)c1cc(C(C)C)cc(C(C)C)c1. The molecular formula is C20H32O2. The Labute approximate surface area is 135 Å². The number of benzene rings is 1. The Morgan fingerprint density at radius 2 is 1.59 bits per heavy atom. The molecule has 1 aromatic carbocycles. The topological polar surface area (TPSA) is 29.5 Å². The van der Waals surface area contributed by atoms with Crippen molar-refractivity contribution in [1.29, 1.82) is 0 Å². The molecule has 1 fully saturated rings. The zero-order chi connectivity index (χ0) is 16.5. The summed E-state index contributed by atoms with van der Waals surface area (Å²) < 4.78 is 5.65. The summed E-state index contributed by atoms with van der Waals surface area (Å²) in [4.78, 5) is 0. The highest BCUT2D eigenvalue weighted by Crippen LogP contribution is 2.60. The first-order valence-corrected chi connectivity index (χ1v) is 8.70. The van der Waals surface area contributed by atoms with Crippen LogP contribution in [-0.4, -0.2) is 24.9 Å². The summed E-state index contributed by atoms with van der Waals surface area (Å²) in [6.45, 7) is 15.1. The van der Waals surface area contributed by atoms with Gasteiger partial charge in [0.25, 0.3) is 0 Å². The van der Waals surface area contributed by atoms with E-state index in [-0.39, 0.29) is 12.0 Å². The lowest BCUT2D eigenvalue weighted by Gasteiger charge is -2.19. The second-order valence-corrected chi connectivity index (χ2v) is 7.54. The van der Waals surface area contributed by atoms with Crippen LogP contribution in [0.2, 0.25) is 0 Å². The molecule has 0 aromatic heterocycles. The van der Waals surface area contributed by atoms with Gasteiger partial charge >= 0.3 is 0 Å². The Kier molecular flexibility index (Phi) is 5.34. The van der Waals surface area contributed by atoms with Gasteiger partial charge < -0.3 is 9.84 Å². The van der Waals surface area contributed by atoms with E-state index < -0.39 is 0 Å². The molecule has 1 N–H and O–H groups in total. The molecule has 1 saturated carbocycles. The number of rotatable bonds is 7. The van der Waals surface area contributed by atoms with Gasteiger partial charge in [-0.2, -0.15) is 0 Å². The Hall–Kier alpha value is -0.860. The van der Waals surface area contributed by atoms with Gasteiger partial charge in [-0.05, 0) is 47.3 Å². The van der Waals surface area contributed by atoms with Crippen LogP contribution in [0.15, 0.2) is 18.2 Å². The van der Waals surface area contributed by atoms with E-state index in [1.807, 2.05) is 6.92 Å². The van der Waals surface area contributed by atoms with Crippen molar-refractivity contribution in [3.63, 3.8) is 0 Å². The molecule has 0 bridgehead atoms. The minimum Gasteiger partial charge on any atom is -0.396 e. The second kappa shape index (κ2) is 6.72. The van der Waals surface area contributed by atoms with Crippen molar-refractivity contribution < 1.29 is 9.84 Å². The maximum Gasteiger partial charge on any atom is 0.0506 e. The number of aliphatic hydroxyl groups excluding tert-OH is 1. The van der Waals surface area contributed by atoms with Gasteiger partial charge in [0.05, 0.1) is 6.61 Å². The lowest BCUT2D eigenvalue weighted by atomic mass is 9.86. The third-order valence-corrected chi connectivity index (χ3v) is 5.55. The Bertz CT molecular complexity index is 480. The zero-order valence-corrected chi connectivity index (χ0v) is 15.0. The van der Waals surface area contributed by atoms with Crippen molar-refractivity contribution >= 4 is 0 Å². The molecule has 0 saturated heterocycles. The van der Waals surface area contributed by atoms with Crippen molar-refractivity contribution in [3.05, 3.63) is 34.9 Å². The van der Waals surface area contributed by atoms with Crippen LogP contribution in [0.5, 0.6) is 0 Å². The highest BCUT2D eigenvalue weighted by molar-refractivity contribution is 5.43. The van der Waals surface area contributed by atoms with E-state index in [0.29, 0.717) is 23.7 Å². The zero-order valence-electron chi connectivity index (χ0n) is 15.0. The van der Waals surface area contributed by atoms with Gasteiger partial charge in [-0.1, -0.05) is 52.8 Å². The maximum atomic E-state index is 9.77. The summed E-state index contributed by atoms with van der Waals surface area (Å²) in [6, 6.07) is 7.05. The van der Waals surface area contributed by atoms with Crippen LogP contribution < -0.4 is 0 Å². The van der Waals surface area contributed by atoms with E-state index in [1.165, 1.54) is 16.7 Å². The van der Waals surface area contributed by atoms with Crippen molar-refractivity contribution in [2.24, 2.45) is 11.8 Å². The summed E-state index contributed by atoms with van der Waals surface area (Å²) >= 11 is 0. The second-order valence-electron chi connectivity index (χ2n) is 7.54. The van der Waals surface area contributed by atoms with Gasteiger partial charge in [0.1, 0.15) is 0 Å². The van der Waals surface area contributed by atoms with Crippen molar-refractivity contribution in [2.75, 3.05) is 19.8 Å². The molecule has 3 unspecified atom stereocenters. The predicted molar refractivity (Wildman–Crippen MR) is 92.5 cm³/mol. The maximum absolute atomic E-state index is 9.77. The number of hydrogen-bond acceptors (Lipinski definition) is 2. The summed E-state index contributed by atoms with van der Waals surface area (Å²) in [5.74, 6) is 1.80. The van der Waals surface area contributed by atoms with E-state index in [2.05, 4.69) is 52.8 Å². The predicted octanol–water partition coefficient (Wildman–Crippen LogP) is 4.47. The molecule has 0 radical (unpaired) electrons. The average molecular weight is 304 g/mol. The summed E-state index contributed by atoms with van der Waals surface area (Å²) in [5, 5.41) is 9.77. The minimum atomic E-state index is 0.0540. The molecule has 2 heteroatoms. The van der Waals surface area contributed by atoms with E-state index in [9.17, 15) is 5.11 Å². The van der Waals surface area contributed by atoms with Gasteiger partial charge in [-0.25, -0.2) is 0 Å². The van der Waals surface area contributed by atoms with Gasteiger partial charge in [0, 0.05) is 18.6 Å². The van der Waals surface area contributed by atoms with Crippen LogP contribution in [0.25, 0.3) is 0 Å². The molecule has 0 amide bonds. The Morgan fingerprint density at radius 3 is 2.00 bits per heavy atom. The fraction of sp³-hybridized carbons (Fsp3) is 0.700. The van der Waals surface area contributed by atoms with Gasteiger partial charge in [0.15, 0.2) is 0 Å². The first kappa shape index (κ1) is 17.5. The minimum absolute atomic E-state index is 0.0540. The molecule has 0 spiro atoms. The van der Waals surface area contributed by atoms with Crippen LogP contribution in [0.4, 0.5) is 0 Å². The van der Waals surface area contributed by atoms with E-state index >= 15 is 0 Å². The molecular weight excluding hydrogens is 272 g/mol. The van der Waals surface area contributed by atoms with Crippen LogP contribution >= 0.6 is 0 Å². The smallest absolute Gasteiger partial charge is 0.0506 e. The van der Waals surface area contributed by atoms with Crippen LogP contribution in [0, 0.1) is 11.8 Å². The van der Waals surface area contributed by atoms with Crippen molar-refractivity contribution in [2.45, 2.75) is 58.8 Å². The summed E-state index contributed by atoms with van der Waals surface area (Å²) in [6.07, 6.45) is 0. The first-order valence-electron chi connectivity index (χ1n) is 8.70. The molecule has 2 rings (SSSR count). The van der Waals surface area contributed by atoms with Crippen LogP contribution in [-0.2, 0) is 10.2 Å². The average Bonchev–Trinajstić information content (AvgIpc) is 3.09. The highest BCUT2D eigenvalue weighted by atomic mass is 16.5. The summed E-state index contributed by atoms with van der Waals surface area (Å²) in [7, 11) is 0. The summed E-state index contributed by atoms with van der Waals surface area (Å²) in [5.41, 5.74) is 4.24. The third kappa shape index (κ3) is 3.09. The molecule has 2 nitrogen and oxygen atoms in total. The standard InChI is InChI=1S/C20H32O2/c1-7-22-12-19-18(11-21)20(19,6)17-9-15(13(2)3)8-16(10-17)14(4)5/h8-10,13-14,18-19,21H,7,11-12H2,1-6H3. The Balaban J connectivity index is 2.38. The van der Waals surface area contributed by atoms with E-state index in [0.717, 1.165) is 13.2 Å². The molecule has 124 valence electrons. The molecule has 1 aliphatic rings. The lowest BCUT2D eigenvalue weighted by Crippen LogP contribution is -2.12. The largest absolute Gasteiger partial charge is 0.396 e. The molecule has 0 heterocycles. The van der Waals surface area contributed by atoms with E-state index in [4.69, 9.17) is 4.74 Å². The Morgan fingerprint density at radius 1 is 1.05 bits per heavy atom. The van der Waals surface area contributed by atoms with Crippen LogP contribution in [0.1, 0.15) is 70.1 Å². The van der Waals surface area contributed by atoms with E-state index in [1.54, 1.807) is 0 Å². The van der Waals surface area contributed by atoms with Crippen molar-refractivity contribution in [1.82, 2.24) is 0 Å². The normalized spacial score (nSPS) is 27.7. The number of aliphatic hydroxyl groups is 1. The fourth-order valence-corrected chi connectivity index (χ4v) is 3.63. The molecule has 3 atom stereocenters.